The topological polar surface area (TPSA) is 94.4 Å². The van der Waals surface area contributed by atoms with Gasteiger partial charge in [0.25, 0.3) is 0 Å². The van der Waals surface area contributed by atoms with E-state index < -0.39 is 5.41 Å². The van der Waals surface area contributed by atoms with E-state index in [1.165, 1.54) is 112 Å². The highest BCUT2D eigenvalue weighted by Crippen LogP contribution is 2.68. The van der Waals surface area contributed by atoms with Crippen LogP contribution in [0.3, 0.4) is 0 Å². The van der Waals surface area contributed by atoms with Gasteiger partial charge in [-0.15, -0.1) is 0 Å². The second kappa shape index (κ2) is 14.6. The molecule has 0 aromatic carbocycles. The molecule has 5 fully saturated rings. The Labute approximate surface area is 317 Å². The van der Waals surface area contributed by atoms with Crippen molar-refractivity contribution in [1.82, 2.24) is 30.4 Å². The van der Waals surface area contributed by atoms with Gasteiger partial charge in [0.1, 0.15) is 12.0 Å². The van der Waals surface area contributed by atoms with E-state index in [1.54, 1.807) is 12.6 Å². The van der Waals surface area contributed by atoms with E-state index in [-0.39, 0.29) is 18.0 Å². The van der Waals surface area contributed by atoms with Crippen LogP contribution < -0.4 is 10.1 Å². The SMILES string of the molecule is CCOC(=O)C1(COc2nnnn2C)CC=C(C2=CC[C@]3(C)C4CCC5C(CC[C@@]6(NCCN7CCSCC7)CCCC56)C4CCC3C2(C)C)CC1. The fourth-order valence-corrected chi connectivity index (χ4v) is 14.7. The third-order valence-corrected chi connectivity index (χ3v) is 17.1. The summed E-state index contributed by atoms with van der Waals surface area (Å²) in [6, 6.07) is 0.327. The van der Waals surface area contributed by atoms with Crippen LogP contribution in [0, 0.1) is 51.8 Å². The average Bonchev–Trinajstić information content (AvgIpc) is 3.77. The van der Waals surface area contributed by atoms with Crippen molar-refractivity contribution in [2.45, 2.75) is 117 Å². The summed E-state index contributed by atoms with van der Waals surface area (Å²) < 4.78 is 13.1. The monoisotopic (exact) mass is 734 g/mol. The van der Waals surface area contributed by atoms with Crippen molar-refractivity contribution in [2.75, 3.05) is 50.9 Å². The standard InChI is InChI=1S/C42H66N6O3S/c1-6-50-37(49)41(28-51-38-44-45-46-47(38)5)19-13-29(14-20-41)33-16-18-40(4)34-11-9-32-30(31(34)10-12-36(40)39(33,2)3)15-21-42(17-7-8-35(32)42)43-22-23-48-24-26-52-27-25-48/h13,16,30-32,34-36,43H,6-12,14-15,17-28H2,1-5H3/t30?,31?,32?,34?,35?,36?,40-,41?,42+/m1/s1. The molecule has 0 spiro atoms. The highest BCUT2D eigenvalue weighted by Gasteiger charge is 2.61. The van der Waals surface area contributed by atoms with Crippen LogP contribution in [0.5, 0.6) is 6.01 Å². The van der Waals surface area contributed by atoms with Gasteiger partial charge in [0, 0.05) is 50.3 Å². The molecule has 0 bridgehead atoms. The fraction of sp³-hybridized carbons (Fsp3) is 0.857. The van der Waals surface area contributed by atoms with Gasteiger partial charge in [-0.2, -0.15) is 16.4 Å². The van der Waals surface area contributed by atoms with Crippen molar-refractivity contribution in [3.05, 3.63) is 23.3 Å². The van der Waals surface area contributed by atoms with E-state index in [1.807, 2.05) is 6.92 Å². The average molecular weight is 735 g/mol. The molecule has 1 aliphatic heterocycles. The molecule has 6 aliphatic carbocycles. The molecule has 4 saturated carbocycles. The fourth-order valence-electron chi connectivity index (χ4n) is 13.7. The molecule has 7 unspecified atom stereocenters. The first kappa shape index (κ1) is 37.0. The molecule has 9 atom stereocenters. The number of esters is 1. The number of hydrogen-bond donors (Lipinski definition) is 1. The lowest BCUT2D eigenvalue weighted by Crippen LogP contribution is -2.61. The summed E-state index contributed by atoms with van der Waals surface area (Å²) in [4.78, 5) is 16.1. The first-order valence-electron chi connectivity index (χ1n) is 21.1. The molecule has 8 rings (SSSR count). The number of fused-ring (bicyclic) bond motifs is 7. The molecule has 7 aliphatic rings. The van der Waals surface area contributed by atoms with Gasteiger partial charge < -0.3 is 19.7 Å². The van der Waals surface area contributed by atoms with E-state index in [2.05, 4.69) is 70.4 Å². The van der Waals surface area contributed by atoms with Crippen molar-refractivity contribution in [3.63, 3.8) is 0 Å². The molecule has 1 aromatic rings. The maximum Gasteiger partial charge on any atom is 0.335 e. The number of aromatic nitrogens is 4. The second-order valence-electron chi connectivity index (χ2n) is 18.7. The minimum absolute atomic E-state index is 0.107. The summed E-state index contributed by atoms with van der Waals surface area (Å²) in [7, 11) is 1.75. The summed E-state index contributed by atoms with van der Waals surface area (Å²) in [5.74, 6) is 7.63. The Morgan fingerprint density at radius 1 is 0.962 bits per heavy atom. The van der Waals surface area contributed by atoms with Crippen LogP contribution in [0.2, 0.25) is 0 Å². The summed E-state index contributed by atoms with van der Waals surface area (Å²) in [5, 5.41) is 15.8. The van der Waals surface area contributed by atoms with Gasteiger partial charge in [-0.25, -0.2) is 0 Å². The number of carbonyl (C=O) groups excluding carboxylic acids is 1. The van der Waals surface area contributed by atoms with Gasteiger partial charge in [0.05, 0.1) is 6.61 Å². The Hall–Kier alpha value is -1.91. The number of aryl methyl sites for hydroxylation is 1. The summed E-state index contributed by atoms with van der Waals surface area (Å²) in [5.41, 5.74) is 3.14. The molecule has 9 nitrogen and oxygen atoms in total. The molecule has 2 heterocycles. The largest absolute Gasteiger partial charge is 0.465 e. The smallest absolute Gasteiger partial charge is 0.335 e. The van der Waals surface area contributed by atoms with Gasteiger partial charge in [0.15, 0.2) is 0 Å². The zero-order valence-corrected chi connectivity index (χ0v) is 33.7. The van der Waals surface area contributed by atoms with Crippen molar-refractivity contribution >= 4 is 17.7 Å². The Bertz CT molecular complexity index is 1520. The van der Waals surface area contributed by atoms with Crippen molar-refractivity contribution < 1.29 is 14.3 Å². The molecule has 1 N–H and O–H groups in total. The maximum absolute atomic E-state index is 13.4. The highest BCUT2D eigenvalue weighted by atomic mass is 32.2. The van der Waals surface area contributed by atoms with Gasteiger partial charge in [-0.1, -0.05) is 44.4 Å². The van der Waals surface area contributed by atoms with Crippen LogP contribution in [0.25, 0.3) is 0 Å². The summed E-state index contributed by atoms with van der Waals surface area (Å²) in [6.07, 6.45) is 21.2. The minimum Gasteiger partial charge on any atom is -0.465 e. The molecule has 1 aromatic heterocycles. The summed E-state index contributed by atoms with van der Waals surface area (Å²) >= 11 is 2.12. The second-order valence-corrected chi connectivity index (χ2v) is 20.0. The zero-order chi connectivity index (χ0) is 36.1. The third kappa shape index (κ3) is 6.40. The zero-order valence-electron chi connectivity index (χ0n) is 32.8. The molecule has 0 amide bonds. The number of carbonyl (C=O) groups is 1. The Kier molecular flexibility index (Phi) is 10.4. The first-order chi connectivity index (χ1) is 25.1. The maximum atomic E-state index is 13.4. The molecule has 52 heavy (non-hydrogen) atoms. The van der Waals surface area contributed by atoms with Gasteiger partial charge in [-0.3, -0.25) is 4.79 Å². The Balaban J connectivity index is 0.956. The first-order valence-corrected chi connectivity index (χ1v) is 22.2. The van der Waals surface area contributed by atoms with Crippen molar-refractivity contribution in [1.29, 1.82) is 0 Å². The number of hydrogen-bond acceptors (Lipinski definition) is 9. The molecular weight excluding hydrogens is 669 g/mol. The molecule has 0 radical (unpaired) electrons. The highest BCUT2D eigenvalue weighted by molar-refractivity contribution is 7.99. The molecule has 1 saturated heterocycles. The molecule has 288 valence electrons. The molecular formula is C42H66N6O3S. The molecule has 10 heteroatoms. The van der Waals surface area contributed by atoms with E-state index in [4.69, 9.17) is 9.47 Å². The van der Waals surface area contributed by atoms with E-state index in [0.717, 1.165) is 36.0 Å². The van der Waals surface area contributed by atoms with Crippen LogP contribution in [0.4, 0.5) is 0 Å². The number of thioether (sulfide) groups is 1. The lowest BCUT2D eigenvalue weighted by molar-refractivity contribution is -0.158. The normalized spacial score (nSPS) is 40.0. The van der Waals surface area contributed by atoms with Crippen LogP contribution in [-0.4, -0.2) is 87.5 Å². The van der Waals surface area contributed by atoms with Crippen LogP contribution in [0.15, 0.2) is 23.3 Å². The lowest BCUT2D eigenvalue weighted by atomic mass is 9.41. The predicted octanol–water partition coefficient (Wildman–Crippen LogP) is 7.25. The number of nitrogens with zero attached hydrogens (tertiary/aromatic N) is 5. The van der Waals surface area contributed by atoms with Gasteiger partial charge >= 0.3 is 12.0 Å². The van der Waals surface area contributed by atoms with Gasteiger partial charge in [0.2, 0.25) is 0 Å². The number of allylic oxidation sites excluding steroid dienone is 4. The van der Waals surface area contributed by atoms with E-state index >= 15 is 0 Å². The number of nitrogens with one attached hydrogen (secondary N) is 1. The number of rotatable bonds is 10. The van der Waals surface area contributed by atoms with Crippen LogP contribution in [0.1, 0.15) is 111 Å². The van der Waals surface area contributed by atoms with Gasteiger partial charge in [-0.05, 0) is 152 Å². The number of tetrazole rings is 1. The quantitative estimate of drug-likeness (QED) is 0.250. The van der Waals surface area contributed by atoms with E-state index in [9.17, 15) is 4.79 Å². The third-order valence-electron chi connectivity index (χ3n) is 16.2. The lowest BCUT2D eigenvalue weighted by Gasteiger charge is -2.64. The van der Waals surface area contributed by atoms with Crippen LogP contribution >= 0.6 is 11.8 Å². The van der Waals surface area contributed by atoms with E-state index in [0.29, 0.717) is 42.3 Å². The minimum atomic E-state index is -0.727. The summed E-state index contributed by atoms with van der Waals surface area (Å²) in [6.45, 7) is 15.2. The van der Waals surface area contributed by atoms with Crippen LogP contribution in [-0.2, 0) is 16.6 Å². The Morgan fingerprint density at radius 3 is 2.52 bits per heavy atom. The van der Waals surface area contributed by atoms with Crippen molar-refractivity contribution in [3.8, 4) is 6.01 Å². The van der Waals surface area contributed by atoms with Crippen molar-refractivity contribution in [2.24, 2.45) is 58.8 Å². The predicted molar refractivity (Wildman–Crippen MR) is 207 cm³/mol. The number of ether oxygens (including phenoxy) is 2. The Morgan fingerprint density at radius 2 is 1.77 bits per heavy atom.